The number of halogens is 2. The van der Waals surface area contributed by atoms with Crippen molar-refractivity contribution < 1.29 is 17.6 Å². The third kappa shape index (κ3) is 6.22. The summed E-state index contributed by atoms with van der Waals surface area (Å²) in [6, 6.07) is 18.3. The maximum Gasteiger partial charge on any atom is 0.261 e. The molecule has 2 N–H and O–H groups in total. The first kappa shape index (κ1) is 22.1. The van der Waals surface area contributed by atoms with Crippen molar-refractivity contribution in [1.29, 1.82) is 0 Å². The summed E-state index contributed by atoms with van der Waals surface area (Å²) in [7, 11) is -3.82. The monoisotopic (exact) mass is 464 g/mol. The van der Waals surface area contributed by atoms with Crippen molar-refractivity contribution >= 4 is 50.7 Å². The molecule has 0 saturated carbocycles. The van der Waals surface area contributed by atoms with Gasteiger partial charge in [-0.3, -0.25) is 9.52 Å². The van der Waals surface area contributed by atoms with Crippen molar-refractivity contribution in [2.75, 3.05) is 15.8 Å². The van der Waals surface area contributed by atoms with Crippen molar-refractivity contribution in [1.82, 2.24) is 0 Å². The van der Waals surface area contributed by atoms with Crippen LogP contribution in [0.1, 0.15) is 5.56 Å². The normalized spacial score (nSPS) is 11.1. The van der Waals surface area contributed by atoms with Crippen LogP contribution < -0.4 is 10.0 Å². The molecule has 5 nitrogen and oxygen atoms in total. The fourth-order valence-electron chi connectivity index (χ4n) is 2.52. The minimum absolute atomic E-state index is 0.0259. The quantitative estimate of drug-likeness (QED) is 0.483. The molecule has 0 aliphatic rings. The van der Waals surface area contributed by atoms with Gasteiger partial charge in [0.2, 0.25) is 5.91 Å². The molecule has 3 aromatic rings. The number of thioether (sulfide) groups is 1. The van der Waals surface area contributed by atoms with E-state index in [2.05, 4.69) is 10.0 Å². The van der Waals surface area contributed by atoms with Gasteiger partial charge in [-0.25, -0.2) is 12.8 Å². The third-order valence-corrected chi connectivity index (χ3v) is 6.74. The van der Waals surface area contributed by atoms with Crippen molar-refractivity contribution in [3.63, 3.8) is 0 Å². The largest absolute Gasteiger partial charge is 0.325 e. The van der Waals surface area contributed by atoms with Crippen LogP contribution in [0.2, 0.25) is 5.02 Å². The fourth-order valence-corrected chi connectivity index (χ4v) is 4.69. The Morgan fingerprint density at radius 3 is 2.23 bits per heavy atom. The maximum atomic E-state index is 13.0. The second-order valence-corrected chi connectivity index (χ2v) is 9.34. The number of hydrogen-bond donors (Lipinski definition) is 2. The molecule has 0 heterocycles. The highest BCUT2D eigenvalue weighted by Gasteiger charge is 2.14. The molecule has 0 atom stereocenters. The predicted octanol–water partition coefficient (Wildman–Crippen LogP) is 5.15. The van der Waals surface area contributed by atoms with Crippen molar-refractivity contribution in [3.8, 4) is 0 Å². The lowest BCUT2D eigenvalue weighted by Gasteiger charge is -2.10. The first-order valence-electron chi connectivity index (χ1n) is 8.83. The van der Waals surface area contributed by atoms with E-state index in [1.54, 1.807) is 6.07 Å². The minimum atomic E-state index is -3.82. The Kier molecular flexibility index (Phi) is 7.36. The summed E-state index contributed by atoms with van der Waals surface area (Å²) in [5, 5.41) is 3.39. The van der Waals surface area contributed by atoms with Crippen LogP contribution in [0.4, 0.5) is 15.8 Å². The summed E-state index contributed by atoms with van der Waals surface area (Å²) in [6.07, 6.45) is 0. The van der Waals surface area contributed by atoms with Crippen LogP contribution in [0.3, 0.4) is 0 Å². The third-order valence-electron chi connectivity index (χ3n) is 3.99. The molecule has 9 heteroatoms. The highest BCUT2D eigenvalue weighted by Crippen LogP contribution is 2.22. The van der Waals surface area contributed by atoms with Gasteiger partial charge in [0.05, 0.1) is 10.6 Å². The SMILES string of the molecule is O=C(CSCc1ccccc1Cl)Nc1ccc(S(=O)(=O)Nc2ccc(F)cc2)cc1. The lowest BCUT2D eigenvalue weighted by Crippen LogP contribution is -2.15. The minimum Gasteiger partial charge on any atom is -0.325 e. The van der Waals surface area contributed by atoms with E-state index in [1.165, 1.54) is 60.3 Å². The van der Waals surface area contributed by atoms with Crippen LogP contribution in [-0.2, 0) is 20.6 Å². The second kappa shape index (κ2) is 9.97. The van der Waals surface area contributed by atoms with Gasteiger partial charge in [0.25, 0.3) is 10.0 Å². The molecule has 156 valence electrons. The molecule has 1 amide bonds. The molecule has 0 radical (unpaired) electrons. The Labute approximate surface area is 183 Å². The van der Waals surface area contributed by atoms with E-state index in [0.29, 0.717) is 16.5 Å². The molecule has 0 unspecified atom stereocenters. The van der Waals surface area contributed by atoms with E-state index in [-0.39, 0.29) is 22.2 Å². The van der Waals surface area contributed by atoms with Gasteiger partial charge < -0.3 is 5.32 Å². The molecule has 0 aliphatic heterocycles. The van der Waals surface area contributed by atoms with Crippen LogP contribution >= 0.6 is 23.4 Å². The van der Waals surface area contributed by atoms with Gasteiger partial charge in [-0.15, -0.1) is 11.8 Å². The number of benzene rings is 3. The lowest BCUT2D eigenvalue weighted by atomic mass is 10.2. The molecule has 0 aromatic heterocycles. The van der Waals surface area contributed by atoms with Crippen LogP contribution in [0.15, 0.2) is 77.7 Å². The molecule has 0 bridgehead atoms. The van der Waals surface area contributed by atoms with E-state index in [4.69, 9.17) is 11.6 Å². The number of anilines is 2. The van der Waals surface area contributed by atoms with E-state index in [9.17, 15) is 17.6 Å². The van der Waals surface area contributed by atoms with Crippen molar-refractivity contribution in [2.45, 2.75) is 10.6 Å². The first-order valence-corrected chi connectivity index (χ1v) is 11.8. The summed E-state index contributed by atoms with van der Waals surface area (Å²) in [6.45, 7) is 0. The smallest absolute Gasteiger partial charge is 0.261 e. The van der Waals surface area contributed by atoms with Gasteiger partial charge >= 0.3 is 0 Å². The highest BCUT2D eigenvalue weighted by molar-refractivity contribution is 7.99. The maximum absolute atomic E-state index is 13.0. The standard InChI is InChI=1S/C21H18ClFN2O3S2/c22-20-4-2-1-3-15(20)13-29-14-21(26)24-17-9-11-19(12-10-17)30(27,28)25-18-7-5-16(23)6-8-18/h1-12,25H,13-14H2,(H,24,26). The molecule has 30 heavy (non-hydrogen) atoms. The highest BCUT2D eigenvalue weighted by atomic mass is 35.5. The van der Waals surface area contributed by atoms with Gasteiger partial charge in [0.1, 0.15) is 5.82 Å². The number of carbonyl (C=O) groups is 1. The number of sulfonamides is 1. The molecule has 3 rings (SSSR count). The summed E-state index contributed by atoms with van der Waals surface area (Å²) >= 11 is 7.52. The van der Waals surface area contributed by atoms with Gasteiger partial charge in [-0.05, 0) is 60.2 Å². The molecule has 3 aromatic carbocycles. The van der Waals surface area contributed by atoms with E-state index in [0.717, 1.165) is 5.56 Å². The van der Waals surface area contributed by atoms with E-state index >= 15 is 0 Å². The molecule has 0 aliphatic carbocycles. The predicted molar refractivity (Wildman–Crippen MR) is 120 cm³/mol. The fraction of sp³-hybridized carbons (Fsp3) is 0.0952. The average Bonchev–Trinajstić information content (AvgIpc) is 2.71. The molecule has 0 spiro atoms. The Morgan fingerprint density at radius 1 is 0.933 bits per heavy atom. The Hall–Kier alpha value is -2.55. The average molecular weight is 465 g/mol. The van der Waals surface area contributed by atoms with Gasteiger partial charge in [0, 0.05) is 22.2 Å². The summed E-state index contributed by atoms with van der Waals surface area (Å²) in [5.41, 5.74) is 1.70. The van der Waals surface area contributed by atoms with E-state index in [1.807, 2.05) is 18.2 Å². The molecular formula is C21H18ClFN2O3S2. The van der Waals surface area contributed by atoms with Crippen LogP contribution in [0, 0.1) is 5.82 Å². The lowest BCUT2D eigenvalue weighted by molar-refractivity contribution is -0.113. The van der Waals surface area contributed by atoms with Crippen molar-refractivity contribution in [2.24, 2.45) is 0 Å². The van der Waals surface area contributed by atoms with Crippen molar-refractivity contribution in [3.05, 3.63) is 89.2 Å². The topological polar surface area (TPSA) is 75.3 Å². The van der Waals surface area contributed by atoms with Gasteiger partial charge in [-0.1, -0.05) is 29.8 Å². The summed E-state index contributed by atoms with van der Waals surface area (Å²) in [4.78, 5) is 12.1. The number of nitrogens with one attached hydrogen (secondary N) is 2. The number of rotatable bonds is 8. The number of carbonyl (C=O) groups excluding carboxylic acids is 1. The van der Waals surface area contributed by atoms with E-state index < -0.39 is 15.8 Å². The second-order valence-electron chi connectivity index (χ2n) is 6.27. The molecule has 0 saturated heterocycles. The Morgan fingerprint density at radius 2 is 1.57 bits per heavy atom. The zero-order valence-corrected chi connectivity index (χ0v) is 18.0. The summed E-state index contributed by atoms with van der Waals surface area (Å²) < 4.78 is 40.2. The first-order chi connectivity index (χ1) is 14.3. The Bertz CT molecular complexity index is 1120. The number of amides is 1. The van der Waals surface area contributed by atoms with Crippen LogP contribution in [0.5, 0.6) is 0 Å². The summed E-state index contributed by atoms with van der Waals surface area (Å²) in [5.74, 6) is 0.187. The van der Waals surface area contributed by atoms with Crippen LogP contribution in [0.25, 0.3) is 0 Å². The Balaban J connectivity index is 1.54. The van der Waals surface area contributed by atoms with Crippen LogP contribution in [-0.4, -0.2) is 20.1 Å². The zero-order chi connectivity index (χ0) is 21.6. The molecule has 0 fully saturated rings. The zero-order valence-electron chi connectivity index (χ0n) is 15.6. The van der Waals surface area contributed by atoms with Gasteiger partial charge in [-0.2, -0.15) is 0 Å². The number of hydrogen-bond acceptors (Lipinski definition) is 4. The molecular weight excluding hydrogens is 447 g/mol. The van der Waals surface area contributed by atoms with Gasteiger partial charge in [0.15, 0.2) is 0 Å².